The number of hydrogen-bond donors (Lipinski definition) is 1. The van der Waals surface area contributed by atoms with Gasteiger partial charge in [-0.25, -0.2) is 0 Å². The largest absolute Gasteiger partial charge is 0.492 e. The van der Waals surface area contributed by atoms with Crippen molar-refractivity contribution in [1.82, 2.24) is 0 Å². The molecule has 2 rings (SSSR count). The van der Waals surface area contributed by atoms with Crippen LogP contribution >= 0.6 is 0 Å². The minimum absolute atomic E-state index is 0.156. The molecule has 2 aromatic carbocycles. The average molecular weight is 293 g/mol. The molecular weight excluding hydrogens is 276 g/mol. The molecule has 0 heterocycles. The van der Waals surface area contributed by atoms with Gasteiger partial charge in [-0.2, -0.15) is 8.78 Å². The molecule has 0 aliphatic heterocycles. The highest BCUT2D eigenvalue weighted by Gasteiger charge is 2.05. The highest BCUT2D eigenvalue weighted by Crippen LogP contribution is 2.24. The molecule has 0 unspecified atom stereocenters. The molecule has 0 aromatic heterocycles. The van der Waals surface area contributed by atoms with Gasteiger partial charge in [-0.15, -0.1) is 0 Å². The number of rotatable bonds is 7. The zero-order chi connectivity index (χ0) is 15.1. The van der Waals surface area contributed by atoms with Gasteiger partial charge in [0, 0.05) is 6.54 Å². The van der Waals surface area contributed by atoms with Crippen LogP contribution in [0.3, 0.4) is 0 Å². The summed E-state index contributed by atoms with van der Waals surface area (Å²) < 4.78 is 33.9. The topological polar surface area (TPSA) is 30.5 Å². The standard InChI is InChI=1S/C16H17F2NO2/c1-2-20-15-6-4-3-5-14(15)19-11-12-7-9-13(10-8-12)21-16(17)18/h3-10,16,19H,2,11H2,1H3. The van der Waals surface area contributed by atoms with Crippen molar-refractivity contribution in [2.45, 2.75) is 20.1 Å². The quantitative estimate of drug-likeness (QED) is 0.825. The number of nitrogens with one attached hydrogen (secondary N) is 1. The minimum atomic E-state index is -2.80. The molecule has 0 radical (unpaired) electrons. The Balaban J connectivity index is 1.96. The van der Waals surface area contributed by atoms with Crippen molar-refractivity contribution in [3.63, 3.8) is 0 Å². The summed E-state index contributed by atoms with van der Waals surface area (Å²) in [6.07, 6.45) is 0. The Morgan fingerprint density at radius 1 is 1.05 bits per heavy atom. The summed E-state index contributed by atoms with van der Waals surface area (Å²) in [6, 6.07) is 14.2. The first-order chi connectivity index (χ1) is 10.2. The molecule has 2 aromatic rings. The number of anilines is 1. The van der Waals surface area contributed by atoms with Crippen LogP contribution in [0.1, 0.15) is 12.5 Å². The van der Waals surface area contributed by atoms with E-state index in [2.05, 4.69) is 10.1 Å². The molecule has 112 valence electrons. The summed E-state index contributed by atoms with van der Waals surface area (Å²) in [7, 11) is 0. The first-order valence-corrected chi connectivity index (χ1v) is 6.68. The molecule has 0 saturated heterocycles. The van der Waals surface area contributed by atoms with Gasteiger partial charge in [-0.3, -0.25) is 0 Å². The van der Waals surface area contributed by atoms with Gasteiger partial charge >= 0.3 is 6.61 Å². The highest BCUT2D eigenvalue weighted by molar-refractivity contribution is 5.56. The van der Waals surface area contributed by atoms with E-state index in [4.69, 9.17) is 4.74 Å². The third-order valence-electron chi connectivity index (χ3n) is 2.82. The molecule has 0 fully saturated rings. The summed E-state index contributed by atoms with van der Waals surface area (Å²) in [5.41, 5.74) is 1.86. The maximum absolute atomic E-state index is 12.1. The highest BCUT2D eigenvalue weighted by atomic mass is 19.3. The molecule has 0 bridgehead atoms. The second kappa shape index (κ2) is 7.47. The van der Waals surface area contributed by atoms with Gasteiger partial charge in [0.15, 0.2) is 0 Å². The van der Waals surface area contributed by atoms with Crippen molar-refractivity contribution in [1.29, 1.82) is 0 Å². The van der Waals surface area contributed by atoms with Crippen molar-refractivity contribution in [3.05, 3.63) is 54.1 Å². The first kappa shape index (κ1) is 15.1. The van der Waals surface area contributed by atoms with Crippen LogP contribution in [0, 0.1) is 0 Å². The molecule has 5 heteroatoms. The first-order valence-electron chi connectivity index (χ1n) is 6.68. The molecule has 3 nitrogen and oxygen atoms in total. The monoisotopic (exact) mass is 293 g/mol. The fraction of sp³-hybridized carbons (Fsp3) is 0.250. The van der Waals surface area contributed by atoms with Crippen LogP contribution in [0.4, 0.5) is 14.5 Å². The van der Waals surface area contributed by atoms with Crippen molar-refractivity contribution in [3.8, 4) is 11.5 Å². The lowest BCUT2D eigenvalue weighted by atomic mass is 10.2. The summed E-state index contributed by atoms with van der Waals surface area (Å²) in [5, 5.41) is 3.26. The molecule has 21 heavy (non-hydrogen) atoms. The number of halogens is 2. The molecule has 1 N–H and O–H groups in total. The summed E-state index contributed by atoms with van der Waals surface area (Å²) in [5.74, 6) is 0.945. The summed E-state index contributed by atoms with van der Waals surface area (Å²) in [6.45, 7) is 0.294. The Hall–Kier alpha value is -2.30. The third-order valence-corrected chi connectivity index (χ3v) is 2.82. The van der Waals surface area contributed by atoms with Crippen LogP contribution in [0.2, 0.25) is 0 Å². The summed E-state index contributed by atoms with van der Waals surface area (Å²) >= 11 is 0. The summed E-state index contributed by atoms with van der Waals surface area (Å²) in [4.78, 5) is 0. The molecule has 0 spiro atoms. The predicted octanol–water partition coefficient (Wildman–Crippen LogP) is 4.30. The number of hydrogen-bond acceptors (Lipinski definition) is 3. The van der Waals surface area contributed by atoms with E-state index in [1.54, 1.807) is 12.1 Å². The van der Waals surface area contributed by atoms with Gasteiger partial charge in [0.1, 0.15) is 11.5 Å². The van der Waals surface area contributed by atoms with Gasteiger partial charge in [0.25, 0.3) is 0 Å². The molecule has 0 aliphatic rings. The van der Waals surface area contributed by atoms with Gasteiger partial charge in [0.2, 0.25) is 0 Å². The van der Waals surface area contributed by atoms with Gasteiger partial charge < -0.3 is 14.8 Å². The van der Waals surface area contributed by atoms with E-state index in [0.29, 0.717) is 13.2 Å². The molecule has 0 atom stereocenters. The Bertz CT molecular complexity index is 558. The SMILES string of the molecule is CCOc1ccccc1NCc1ccc(OC(F)F)cc1. The van der Waals surface area contributed by atoms with Crippen LogP contribution in [0.5, 0.6) is 11.5 Å². The fourth-order valence-corrected chi connectivity index (χ4v) is 1.88. The van der Waals surface area contributed by atoms with E-state index in [9.17, 15) is 8.78 Å². The molecule has 0 aliphatic carbocycles. The number of ether oxygens (including phenoxy) is 2. The van der Waals surface area contributed by atoms with E-state index >= 15 is 0 Å². The third kappa shape index (κ3) is 4.63. The van der Waals surface area contributed by atoms with Crippen molar-refractivity contribution >= 4 is 5.69 Å². The van der Waals surface area contributed by atoms with Crippen LogP contribution in [0.15, 0.2) is 48.5 Å². The minimum Gasteiger partial charge on any atom is -0.492 e. The lowest BCUT2D eigenvalue weighted by Gasteiger charge is -2.12. The van der Waals surface area contributed by atoms with Crippen LogP contribution in [-0.4, -0.2) is 13.2 Å². The fourth-order valence-electron chi connectivity index (χ4n) is 1.88. The zero-order valence-corrected chi connectivity index (χ0v) is 11.7. The Morgan fingerprint density at radius 2 is 1.76 bits per heavy atom. The van der Waals surface area contributed by atoms with E-state index < -0.39 is 6.61 Å². The second-order valence-corrected chi connectivity index (χ2v) is 4.31. The van der Waals surface area contributed by atoms with Crippen molar-refractivity contribution < 1.29 is 18.3 Å². The van der Waals surface area contributed by atoms with Gasteiger partial charge in [-0.05, 0) is 36.8 Å². The maximum Gasteiger partial charge on any atom is 0.387 e. The Kier molecular flexibility index (Phi) is 5.37. The second-order valence-electron chi connectivity index (χ2n) is 4.31. The van der Waals surface area contributed by atoms with Crippen LogP contribution in [0.25, 0.3) is 0 Å². The van der Waals surface area contributed by atoms with Crippen LogP contribution in [-0.2, 0) is 6.54 Å². The normalized spacial score (nSPS) is 10.5. The van der Waals surface area contributed by atoms with E-state index in [1.807, 2.05) is 31.2 Å². The Labute approximate surface area is 122 Å². The number of benzene rings is 2. The van der Waals surface area contributed by atoms with E-state index in [1.165, 1.54) is 12.1 Å². The van der Waals surface area contributed by atoms with Crippen LogP contribution < -0.4 is 14.8 Å². The lowest BCUT2D eigenvalue weighted by molar-refractivity contribution is -0.0498. The molecule has 0 saturated carbocycles. The maximum atomic E-state index is 12.1. The lowest BCUT2D eigenvalue weighted by Crippen LogP contribution is -2.04. The average Bonchev–Trinajstić information content (AvgIpc) is 2.48. The van der Waals surface area contributed by atoms with Crippen molar-refractivity contribution in [2.75, 3.05) is 11.9 Å². The van der Waals surface area contributed by atoms with Gasteiger partial charge in [-0.1, -0.05) is 24.3 Å². The van der Waals surface area contributed by atoms with Gasteiger partial charge in [0.05, 0.1) is 12.3 Å². The zero-order valence-electron chi connectivity index (χ0n) is 11.7. The number of alkyl halides is 2. The Morgan fingerprint density at radius 3 is 2.43 bits per heavy atom. The van der Waals surface area contributed by atoms with E-state index in [0.717, 1.165) is 17.0 Å². The molecular formula is C16H17F2NO2. The number of para-hydroxylation sites is 2. The van der Waals surface area contributed by atoms with E-state index in [-0.39, 0.29) is 5.75 Å². The molecule has 0 amide bonds. The predicted molar refractivity (Wildman–Crippen MR) is 78.0 cm³/mol. The van der Waals surface area contributed by atoms with Crippen molar-refractivity contribution in [2.24, 2.45) is 0 Å². The smallest absolute Gasteiger partial charge is 0.387 e.